The van der Waals surface area contributed by atoms with E-state index in [0.717, 1.165) is 5.82 Å². The molecule has 0 saturated heterocycles. The molecule has 0 spiro atoms. The molecule has 1 aliphatic carbocycles. The molecule has 17 heavy (non-hydrogen) atoms. The Morgan fingerprint density at radius 1 is 1.53 bits per heavy atom. The fourth-order valence-corrected chi connectivity index (χ4v) is 1.98. The van der Waals surface area contributed by atoms with E-state index < -0.39 is 0 Å². The maximum absolute atomic E-state index is 11.4. The predicted molar refractivity (Wildman–Crippen MR) is 60.9 cm³/mol. The van der Waals surface area contributed by atoms with Crippen molar-refractivity contribution < 1.29 is 9.53 Å². The summed E-state index contributed by atoms with van der Waals surface area (Å²) in [4.78, 5) is 15.8. The van der Waals surface area contributed by atoms with Crippen LogP contribution in [0.2, 0.25) is 0 Å². The van der Waals surface area contributed by atoms with Gasteiger partial charge in [0.25, 0.3) is 0 Å². The van der Waals surface area contributed by atoms with Gasteiger partial charge < -0.3 is 4.74 Å². The molecular weight excluding hydrogens is 218 g/mol. The molecule has 0 N–H and O–H groups in total. The van der Waals surface area contributed by atoms with Crippen molar-refractivity contribution >= 4 is 11.6 Å². The number of pyridine rings is 1. The molecule has 0 aromatic carbocycles. The summed E-state index contributed by atoms with van der Waals surface area (Å²) in [6, 6.07) is 3.40. The van der Waals surface area contributed by atoms with Gasteiger partial charge in [0, 0.05) is 12.1 Å². The third-order valence-electron chi connectivity index (χ3n) is 3.25. The largest absolute Gasteiger partial charge is 0.465 e. The normalized spacial score (nSPS) is 15.8. The van der Waals surface area contributed by atoms with Gasteiger partial charge in [-0.15, -0.1) is 0 Å². The van der Waals surface area contributed by atoms with Crippen LogP contribution in [0.15, 0.2) is 18.3 Å². The van der Waals surface area contributed by atoms with E-state index in [1.165, 1.54) is 26.4 Å². The van der Waals surface area contributed by atoms with Crippen LogP contribution < -0.4 is 0 Å². The summed E-state index contributed by atoms with van der Waals surface area (Å²) in [5, 5.41) is 4.41. The van der Waals surface area contributed by atoms with Gasteiger partial charge >= 0.3 is 5.97 Å². The van der Waals surface area contributed by atoms with Crippen LogP contribution in [0.3, 0.4) is 0 Å². The van der Waals surface area contributed by atoms with Gasteiger partial charge in [-0.2, -0.15) is 5.10 Å². The third kappa shape index (κ3) is 1.67. The van der Waals surface area contributed by atoms with E-state index in [9.17, 15) is 4.79 Å². The molecule has 5 nitrogen and oxygen atoms in total. The molecule has 1 saturated carbocycles. The highest BCUT2D eigenvalue weighted by Crippen LogP contribution is 2.34. The van der Waals surface area contributed by atoms with E-state index >= 15 is 0 Å². The molecule has 2 heterocycles. The van der Waals surface area contributed by atoms with E-state index in [-0.39, 0.29) is 5.97 Å². The number of hydrogen-bond acceptors (Lipinski definition) is 4. The molecule has 5 heteroatoms. The highest BCUT2D eigenvalue weighted by Gasteiger charge is 2.23. The first-order chi connectivity index (χ1) is 8.28. The number of carbonyl (C=O) groups is 1. The van der Waals surface area contributed by atoms with E-state index in [4.69, 9.17) is 0 Å². The molecule has 0 radical (unpaired) electrons. The second kappa shape index (κ2) is 3.84. The molecule has 88 valence electrons. The Bertz CT molecular complexity index is 572. The minimum Gasteiger partial charge on any atom is -0.465 e. The summed E-state index contributed by atoms with van der Waals surface area (Å²) in [5.41, 5.74) is 1.21. The quantitative estimate of drug-likeness (QED) is 0.739. The Morgan fingerprint density at radius 2 is 2.35 bits per heavy atom. The molecule has 3 rings (SSSR count). The second-order valence-corrected chi connectivity index (χ2v) is 4.31. The zero-order chi connectivity index (χ0) is 11.8. The average Bonchev–Trinajstić information content (AvgIpc) is 2.67. The van der Waals surface area contributed by atoms with E-state index in [1.807, 2.05) is 0 Å². The first-order valence-corrected chi connectivity index (χ1v) is 5.72. The summed E-state index contributed by atoms with van der Waals surface area (Å²) < 4.78 is 6.38. The Morgan fingerprint density at radius 3 is 3.00 bits per heavy atom. The lowest BCUT2D eigenvalue weighted by Crippen LogP contribution is -2.10. The van der Waals surface area contributed by atoms with Crippen LogP contribution in [-0.2, 0) is 4.74 Å². The van der Waals surface area contributed by atoms with Gasteiger partial charge in [0.05, 0.1) is 12.7 Å². The van der Waals surface area contributed by atoms with Gasteiger partial charge in [-0.3, -0.25) is 0 Å². The van der Waals surface area contributed by atoms with Crippen LogP contribution in [0.25, 0.3) is 5.65 Å². The number of ether oxygens (including phenoxy) is 1. The van der Waals surface area contributed by atoms with Crippen LogP contribution >= 0.6 is 0 Å². The van der Waals surface area contributed by atoms with Crippen molar-refractivity contribution in [3.8, 4) is 0 Å². The predicted octanol–water partition coefficient (Wildman–Crippen LogP) is 1.78. The smallest absolute Gasteiger partial charge is 0.338 e. The van der Waals surface area contributed by atoms with Crippen LogP contribution in [0.1, 0.15) is 41.4 Å². The van der Waals surface area contributed by atoms with Crippen molar-refractivity contribution in [3.63, 3.8) is 0 Å². The van der Waals surface area contributed by atoms with E-state index in [0.29, 0.717) is 17.1 Å². The van der Waals surface area contributed by atoms with Crippen LogP contribution in [0.5, 0.6) is 0 Å². The SMILES string of the molecule is COC(=O)c1ccn2nc(C3CCC3)nc2c1. The minimum absolute atomic E-state index is 0.347. The lowest BCUT2D eigenvalue weighted by Gasteiger charge is -2.21. The number of rotatable bonds is 2. The molecule has 2 aromatic rings. The molecule has 2 aromatic heterocycles. The van der Waals surface area contributed by atoms with Gasteiger partial charge in [-0.05, 0) is 25.0 Å². The second-order valence-electron chi connectivity index (χ2n) is 4.31. The molecule has 0 aliphatic heterocycles. The molecule has 0 amide bonds. The standard InChI is InChI=1S/C12H13N3O2/c1-17-12(16)9-5-6-15-10(7-9)13-11(14-15)8-3-2-4-8/h5-8H,2-4H2,1H3. The number of methoxy groups -OCH3 is 1. The number of nitrogens with zero attached hydrogens (tertiary/aromatic N) is 3. The summed E-state index contributed by atoms with van der Waals surface area (Å²) in [5.74, 6) is 1.04. The maximum atomic E-state index is 11.4. The van der Waals surface area contributed by atoms with Gasteiger partial charge in [0.1, 0.15) is 0 Å². The van der Waals surface area contributed by atoms with E-state index in [1.54, 1.807) is 22.8 Å². The van der Waals surface area contributed by atoms with Crippen molar-refractivity contribution in [2.75, 3.05) is 7.11 Å². The number of esters is 1. The average molecular weight is 231 g/mol. The molecule has 0 unspecified atom stereocenters. The van der Waals surface area contributed by atoms with Crippen molar-refractivity contribution in [2.24, 2.45) is 0 Å². The van der Waals surface area contributed by atoms with Crippen molar-refractivity contribution in [2.45, 2.75) is 25.2 Å². The fourth-order valence-electron chi connectivity index (χ4n) is 1.98. The Balaban J connectivity index is 2.00. The lowest BCUT2D eigenvalue weighted by molar-refractivity contribution is 0.0600. The summed E-state index contributed by atoms with van der Waals surface area (Å²) in [7, 11) is 1.37. The highest BCUT2D eigenvalue weighted by atomic mass is 16.5. The lowest BCUT2D eigenvalue weighted by atomic mass is 9.85. The molecular formula is C12H13N3O2. The summed E-state index contributed by atoms with van der Waals surface area (Å²) in [6.45, 7) is 0. The zero-order valence-corrected chi connectivity index (χ0v) is 9.59. The monoisotopic (exact) mass is 231 g/mol. The zero-order valence-electron chi connectivity index (χ0n) is 9.59. The summed E-state index contributed by atoms with van der Waals surface area (Å²) in [6.07, 6.45) is 5.34. The van der Waals surface area contributed by atoms with Gasteiger partial charge in [-0.1, -0.05) is 6.42 Å². The van der Waals surface area contributed by atoms with Crippen molar-refractivity contribution in [1.82, 2.24) is 14.6 Å². The Labute approximate surface area is 98.4 Å². The van der Waals surface area contributed by atoms with Crippen LogP contribution in [0.4, 0.5) is 0 Å². The van der Waals surface area contributed by atoms with Gasteiger partial charge in [0.2, 0.25) is 0 Å². The third-order valence-corrected chi connectivity index (χ3v) is 3.25. The first-order valence-electron chi connectivity index (χ1n) is 5.72. The minimum atomic E-state index is -0.347. The Hall–Kier alpha value is -1.91. The van der Waals surface area contributed by atoms with Gasteiger partial charge in [-0.25, -0.2) is 14.3 Å². The van der Waals surface area contributed by atoms with Crippen LogP contribution in [0, 0.1) is 0 Å². The van der Waals surface area contributed by atoms with Crippen molar-refractivity contribution in [1.29, 1.82) is 0 Å². The molecule has 0 bridgehead atoms. The Kier molecular flexibility index (Phi) is 2.31. The number of hydrogen-bond donors (Lipinski definition) is 0. The van der Waals surface area contributed by atoms with Gasteiger partial charge in [0.15, 0.2) is 11.5 Å². The molecule has 1 aliphatic rings. The number of fused-ring (bicyclic) bond motifs is 1. The van der Waals surface area contributed by atoms with Crippen LogP contribution in [-0.4, -0.2) is 27.7 Å². The number of aromatic nitrogens is 3. The maximum Gasteiger partial charge on any atom is 0.338 e. The number of carbonyl (C=O) groups excluding carboxylic acids is 1. The van der Waals surface area contributed by atoms with Crippen molar-refractivity contribution in [3.05, 3.63) is 29.7 Å². The fraction of sp³-hybridized carbons (Fsp3) is 0.417. The molecule has 0 atom stereocenters. The topological polar surface area (TPSA) is 56.5 Å². The first kappa shape index (κ1) is 10.3. The summed E-state index contributed by atoms with van der Waals surface area (Å²) >= 11 is 0. The molecule has 1 fully saturated rings. The highest BCUT2D eigenvalue weighted by molar-refractivity contribution is 5.90. The van der Waals surface area contributed by atoms with E-state index in [2.05, 4.69) is 14.8 Å².